The van der Waals surface area contributed by atoms with Crippen LogP contribution in [0.5, 0.6) is 5.75 Å². The van der Waals surface area contributed by atoms with Gasteiger partial charge in [0.05, 0.1) is 5.92 Å². The Balaban J connectivity index is 1.74. The Hall–Kier alpha value is -2.78. The minimum absolute atomic E-state index is 0.251. The fourth-order valence-electron chi connectivity index (χ4n) is 3.21. The summed E-state index contributed by atoms with van der Waals surface area (Å²) < 4.78 is 11.8. The Morgan fingerprint density at radius 1 is 0.897 bits per heavy atom. The number of rotatable bonds is 8. The first-order valence-electron chi connectivity index (χ1n) is 9.63. The molecular formula is C25H25ClO3. The van der Waals surface area contributed by atoms with Crippen LogP contribution in [0.15, 0.2) is 84.9 Å². The van der Waals surface area contributed by atoms with E-state index < -0.39 is 11.5 Å². The topological polar surface area (TPSA) is 35.5 Å². The number of hydrogen-bond acceptors (Lipinski definition) is 3. The second kappa shape index (κ2) is 9.62. The predicted molar refractivity (Wildman–Crippen MR) is 116 cm³/mol. The van der Waals surface area contributed by atoms with E-state index in [0.717, 1.165) is 11.1 Å². The van der Waals surface area contributed by atoms with Gasteiger partial charge in [-0.15, -0.1) is 0 Å². The van der Waals surface area contributed by atoms with Crippen LogP contribution in [-0.4, -0.2) is 11.6 Å². The largest absolute Gasteiger partial charge is 0.488 e. The van der Waals surface area contributed by atoms with E-state index in [9.17, 15) is 4.79 Å². The molecule has 0 amide bonds. The summed E-state index contributed by atoms with van der Waals surface area (Å²) in [6, 6.07) is 26.6. The van der Waals surface area contributed by atoms with E-state index in [0.29, 0.717) is 17.2 Å². The number of carbonyl (C=O) groups excluding carboxylic acids is 1. The first kappa shape index (κ1) is 20.9. The van der Waals surface area contributed by atoms with Crippen LogP contribution in [0.2, 0.25) is 5.02 Å². The van der Waals surface area contributed by atoms with Crippen molar-refractivity contribution in [3.63, 3.8) is 0 Å². The minimum Gasteiger partial charge on any atom is -0.488 e. The van der Waals surface area contributed by atoms with Crippen LogP contribution in [0.4, 0.5) is 0 Å². The molecule has 0 heterocycles. The lowest BCUT2D eigenvalue weighted by molar-refractivity contribution is -0.148. The van der Waals surface area contributed by atoms with Gasteiger partial charge in [0.25, 0.3) is 0 Å². The molecule has 0 aromatic heterocycles. The molecule has 0 saturated carbocycles. The zero-order valence-corrected chi connectivity index (χ0v) is 17.4. The fourth-order valence-corrected chi connectivity index (χ4v) is 3.33. The van der Waals surface area contributed by atoms with Gasteiger partial charge in [-0.1, -0.05) is 72.3 Å². The summed E-state index contributed by atoms with van der Waals surface area (Å²) in [5.41, 5.74) is 1.29. The van der Waals surface area contributed by atoms with Crippen LogP contribution in [0.3, 0.4) is 0 Å². The molecule has 0 aliphatic carbocycles. The summed E-state index contributed by atoms with van der Waals surface area (Å²) in [4.78, 5) is 13.0. The molecule has 0 bridgehead atoms. The maximum atomic E-state index is 13.0. The van der Waals surface area contributed by atoms with Gasteiger partial charge in [-0.2, -0.15) is 0 Å². The number of hydrogen-bond donors (Lipinski definition) is 0. The monoisotopic (exact) mass is 408 g/mol. The van der Waals surface area contributed by atoms with Gasteiger partial charge in [0, 0.05) is 11.4 Å². The van der Waals surface area contributed by atoms with E-state index >= 15 is 0 Å². The molecule has 150 valence electrons. The minimum atomic E-state index is -0.583. The average molecular weight is 409 g/mol. The molecule has 3 nitrogen and oxygen atoms in total. The highest BCUT2D eigenvalue weighted by atomic mass is 35.5. The summed E-state index contributed by atoms with van der Waals surface area (Å²) in [5, 5.41) is 0.654. The Labute approximate surface area is 177 Å². The molecule has 1 atom stereocenters. The molecule has 0 saturated heterocycles. The van der Waals surface area contributed by atoms with E-state index in [4.69, 9.17) is 21.1 Å². The Bertz CT molecular complexity index is 906. The highest BCUT2D eigenvalue weighted by Gasteiger charge is 2.32. The fraction of sp³-hybridized carbons (Fsp3) is 0.240. The lowest BCUT2D eigenvalue weighted by atomic mass is 9.87. The summed E-state index contributed by atoms with van der Waals surface area (Å²) in [6.45, 7) is 4.20. The number of benzene rings is 3. The van der Waals surface area contributed by atoms with Crippen molar-refractivity contribution in [2.24, 2.45) is 0 Å². The third-order valence-corrected chi connectivity index (χ3v) is 4.87. The van der Waals surface area contributed by atoms with Crippen molar-refractivity contribution in [2.75, 3.05) is 0 Å². The lowest BCUT2D eigenvalue weighted by Gasteiger charge is -2.30. The van der Waals surface area contributed by atoms with Crippen molar-refractivity contribution in [3.8, 4) is 5.75 Å². The molecular weight excluding hydrogens is 384 g/mol. The van der Waals surface area contributed by atoms with Crippen molar-refractivity contribution < 1.29 is 14.3 Å². The van der Waals surface area contributed by atoms with Crippen LogP contribution in [-0.2, 0) is 16.1 Å². The maximum Gasteiger partial charge on any atom is 0.313 e. The summed E-state index contributed by atoms with van der Waals surface area (Å²) >= 11 is 5.96. The van der Waals surface area contributed by atoms with Gasteiger partial charge in [-0.05, 0) is 49.2 Å². The molecule has 0 fully saturated rings. The van der Waals surface area contributed by atoms with Crippen LogP contribution in [0.25, 0.3) is 0 Å². The Morgan fingerprint density at radius 2 is 1.48 bits per heavy atom. The quantitative estimate of drug-likeness (QED) is 0.404. The molecule has 3 rings (SSSR count). The molecule has 3 aromatic rings. The van der Waals surface area contributed by atoms with Crippen LogP contribution in [0, 0.1) is 0 Å². The van der Waals surface area contributed by atoms with Crippen molar-refractivity contribution in [3.05, 3.63) is 101 Å². The van der Waals surface area contributed by atoms with Crippen molar-refractivity contribution in [2.45, 2.75) is 38.4 Å². The van der Waals surface area contributed by atoms with E-state index in [2.05, 4.69) is 0 Å². The number of ether oxygens (including phenoxy) is 2. The van der Waals surface area contributed by atoms with Gasteiger partial charge < -0.3 is 9.47 Å². The van der Waals surface area contributed by atoms with Gasteiger partial charge in [0.15, 0.2) is 0 Å². The number of esters is 1. The molecule has 0 unspecified atom stereocenters. The highest BCUT2D eigenvalue weighted by Crippen LogP contribution is 2.31. The smallest absolute Gasteiger partial charge is 0.313 e. The molecule has 3 aromatic carbocycles. The summed E-state index contributed by atoms with van der Waals surface area (Å²) in [7, 11) is 0. The molecule has 0 N–H and O–H groups in total. The molecule has 4 heteroatoms. The average Bonchev–Trinajstić information content (AvgIpc) is 2.73. The number of carbonyl (C=O) groups is 1. The second-order valence-corrected chi connectivity index (χ2v) is 8.01. The summed E-state index contributed by atoms with van der Waals surface area (Å²) in [6.07, 6.45) is 0.479. The van der Waals surface area contributed by atoms with E-state index in [-0.39, 0.29) is 12.6 Å². The van der Waals surface area contributed by atoms with Gasteiger partial charge in [0.2, 0.25) is 0 Å². The zero-order chi connectivity index (χ0) is 20.7. The predicted octanol–water partition coefficient (Wildman–Crippen LogP) is 6.41. The van der Waals surface area contributed by atoms with Crippen LogP contribution < -0.4 is 4.74 Å². The Kier molecular flexibility index (Phi) is 6.95. The van der Waals surface area contributed by atoms with Crippen molar-refractivity contribution in [1.82, 2.24) is 0 Å². The molecule has 0 aliphatic rings. The van der Waals surface area contributed by atoms with E-state index in [1.807, 2.05) is 86.6 Å². The third-order valence-electron chi connectivity index (χ3n) is 4.61. The Morgan fingerprint density at radius 3 is 2.10 bits per heavy atom. The zero-order valence-electron chi connectivity index (χ0n) is 16.7. The van der Waals surface area contributed by atoms with E-state index in [1.54, 1.807) is 12.1 Å². The van der Waals surface area contributed by atoms with Crippen molar-refractivity contribution >= 4 is 17.6 Å². The maximum absolute atomic E-state index is 13.0. The second-order valence-electron chi connectivity index (χ2n) is 7.58. The highest BCUT2D eigenvalue weighted by molar-refractivity contribution is 6.30. The van der Waals surface area contributed by atoms with Crippen LogP contribution in [0.1, 0.15) is 37.3 Å². The molecule has 0 radical (unpaired) electrons. The van der Waals surface area contributed by atoms with Gasteiger partial charge in [-0.3, -0.25) is 4.79 Å². The van der Waals surface area contributed by atoms with Crippen LogP contribution >= 0.6 is 11.6 Å². The van der Waals surface area contributed by atoms with Gasteiger partial charge >= 0.3 is 5.97 Å². The lowest BCUT2D eigenvalue weighted by Crippen LogP contribution is -2.33. The third kappa shape index (κ3) is 6.37. The first-order valence-corrected chi connectivity index (χ1v) is 10.0. The number of halogens is 1. The normalized spacial score (nSPS) is 12.2. The van der Waals surface area contributed by atoms with Gasteiger partial charge in [0.1, 0.15) is 18.0 Å². The first-order chi connectivity index (χ1) is 13.9. The van der Waals surface area contributed by atoms with Gasteiger partial charge in [-0.25, -0.2) is 0 Å². The van der Waals surface area contributed by atoms with E-state index in [1.165, 1.54) is 0 Å². The summed E-state index contributed by atoms with van der Waals surface area (Å²) in [5.74, 6) is 0.0268. The molecule has 0 spiro atoms. The SMILES string of the molecule is CC(C)(C[C@@H](C(=O)OCc1ccccc1)c1ccccc1)Oc1ccc(Cl)cc1. The standard InChI is InChI=1S/C25H25ClO3/c1-25(2,29-22-15-13-21(26)14-16-22)17-23(20-11-7-4-8-12-20)24(27)28-18-19-9-5-3-6-10-19/h3-16,23H,17-18H2,1-2H3/t23-/m1/s1. The van der Waals surface area contributed by atoms with Crippen molar-refractivity contribution in [1.29, 1.82) is 0 Å². The molecule has 0 aliphatic heterocycles. The molecule has 29 heavy (non-hydrogen) atoms.